The minimum absolute atomic E-state index is 0.452. The van der Waals surface area contributed by atoms with Gasteiger partial charge in [0.15, 0.2) is 0 Å². The van der Waals surface area contributed by atoms with Crippen LogP contribution in [0.5, 0.6) is 5.75 Å². The molecule has 4 rings (SSSR count). The molecule has 0 radical (unpaired) electrons. The molecule has 0 aliphatic carbocycles. The Morgan fingerprint density at radius 1 is 1.08 bits per heavy atom. The van der Waals surface area contributed by atoms with Gasteiger partial charge in [0.1, 0.15) is 10.8 Å². The molecule has 0 unspecified atom stereocenters. The fourth-order valence-corrected chi connectivity index (χ4v) is 3.97. The van der Waals surface area contributed by atoms with E-state index < -0.39 is 0 Å². The summed E-state index contributed by atoms with van der Waals surface area (Å²) in [6.07, 6.45) is 1.77. The summed E-state index contributed by atoms with van der Waals surface area (Å²) in [5.41, 5.74) is 5.65. The van der Waals surface area contributed by atoms with Gasteiger partial charge in [0, 0.05) is 12.7 Å². The molecule has 2 aromatic heterocycles. The SMILES string of the molecule is CCOc1ccc2nc(-c3cc(C)cc4nc(COC)cnc34)sc2c1. The Balaban J connectivity index is 1.86. The number of methoxy groups -OCH3 is 1. The molecule has 0 fully saturated rings. The van der Waals surface area contributed by atoms with Gasteiger partial charge in [-0.05, 0) is 49.7 Å². The number of ether oxygens (including phenoxy) is 2. The Morgan fingerprint density at radius 3 is 2.77 bits per heavy atom. The largest absolute Gasteiger partial charge is 0.494 e. The van der Waals surface area contributed by atoms with Crippen molar-refractivity contribution in [1.29, 1.82) is 0 Å². The molecule has 0 saturated heterocycles. The van der Waals surface area contributed by atoms with E-state index in [-0.39, 0.29) is 0 Å². The second kappa shape index (κ2) is 6.97. The fraction of sp³-hybridized carbons (Fsp3) is 0.250. The highest BCUT2D eigenvalue weighted by molar-refractivity contribution is 7.21. The minimum atomic E-state index is 0.452. The lowest BCUT2D eigenvalue weighted by Crippen LogP contribution is -1.96. The lowest BCUT2D eigenvalue weighted by molar-refractivity contribution is 0.181. The summed E-state index contributed by atoms with van der Waals surface area (Å²) >= 11 is 1.64. The van der Waals surface area contributed by atoms with Crippen molar-refractivity contribution in [3.8, 4) is 16.3 Å². The predicted molar refractivity (Wildman–Crippen MR) is 105 cm³/mol. The molecule has 0 aliphatic heterocycles. The van der Waals surface area contributed by atoms with E-state index in [2.05, 4.69) is 23.0 Å². The first-order valence-electron chi connectivity index (χ1n) is 8.47. The smallest absolute Gasteiger partial charge is 0.126 e. The zero-order valence-corrected chi connectivity index (χ0v) is 15.8. The molecule has 0 saturated carbocycles. The van der Waals surface area contributed by atoms with E-state index in [0.717, 1.165) is 48.8 Å². The number of hydrogen-bond donors (Lipinski definition) is 0. The summed E-state index contributed by atoms with van der Waals surface area (Å²) in [5, 5.41) is 0.941. The van der Waals surface area contributed by atoms with Crippen molar-refractivity contribution in [2.45, 2.75) is 20.5 Å². The quantitative estimate of drug-likeness (QED) is 0.510. The Kier molecular flexibility index (Phi) is 4.53. The van der Waals surface area contributed by atoms with E-state index in [0.29, 0.717) is 13.2 Å². The highest BCUT2D eigenvalue weighted by Gasteiger charge is 2.13. The first-order valence-corrected chi connectivity index (χ1v) is 9.28. The Morgan fingerprint density at radius 2 is 1.96 bits per heavy atom. The lowest BCUT2D eigenvalue weighted by Gasteiger charge is -2.06. The van der Waals surface area contributed by atoms with E-state index in [1.165, 1.54) is 0 Å². The zero-order valence-electron chi connectivity index (χ0n) is 14.9. The van der Waals surface area contributed by atoms with Crippen LogP contribution in [0.1, 0.15) is 18.2 Å². The van der Waals surface area contributed by atoms with Crippen molar-refractivity contribution in [2.75, 3.05) is 13.7 Å². The van der Waals surface area contributed by atoms with Crippen LogP contribution in [-0.4, -0.2) is 28.7 Å². The Hall–Kier alpha value is -2.57. The maximum Gasteiger partial charge on any atom is 0.126 e. The van der Waals surface area contributed by atoms with Crippen LogP contribution in [0.2, 0.25) is 0 Å². The topological polar surface area (TPSA) is 57.1 Å². The standard InChI is InChI=1S/C20H19N3O2S/c1-4-25-14-5-6-16-18(9-14)26-20(23-16)15-7-12(2)8-17-19(15)21-10-13(22-17)11-24-3/h5-10H,4,11H2,1-3H3. The van der Waals surface area contributed by atoms with E-state index in [9.17, 15) is 0 Å². The van der Waals surface area contributed by atoms with Crippen molar-refractivity contribution in [1.82, 2.24) is 15.0 Å². The maximum absolute atomic E-state index is 5.60. The highest BCUT2D eigenvalue weighted by Crippen LogP contribution is 2.35. The lowest BCUT2D eigenvalue weighted by atomic mass is 10.1. The van der Waals surface area contributed by atoms with Crippen molar-refractivity contribution in [2.24, 2.45) is 0 Å². The average Bonchev–Trinajstić information content (AvgIpc) is 3.04. The van der Waals surface area contributed by atoms with E-state index in [4.69, 9.17) is 14.5 Å². The van der Waals surface area contributed by atoms with Crippen LogP contribution in [0.15, 0.2) is 36.5 Å². The summed E-state index contributed by atoms with van der Waals surface area (Å²) < 4.78 is 11.9. The van der Waals surface area contributed by atoms with Crippen molar-refractivity contribution in [3.63, 3.8) is 0 Å². The third-order valence-corrected chi connectivity index (χ3v) is 5.09. The van der Waals surface area contributed by atoms with Gasteiger partial charge in [-0.3, -0.25) is 4.98 Å². The summed E-state index contributed by atoms with van der Waals surface area (Å²) in [4.78, 5) is 14.1. The van der Waals surface area contributed by atoms with Gasteiger partial charge in [0.2, 0.25) is 0 Å². The normalized spacial score (nSPS) is 11.3. The number of benzene rings is 2. The highest BCUT2D eigenvalue weighted by atomic mass is 32.1. The summed E-state index contributed by atoms with van der Waals surface area (Å²) in [5.74, 6) is 0.869. The molecule has 0 amide bonds. The van der Waals surface area contributed by atoms with Gasteiger partial charge in [-0.2, -0.15) is 0 Å². The fourth-order valence-electron chi connectivity index (χ4n) is 2.96. The van der Waals surface area contributed by atoms with Crippen molar-refractivity contribution < 1.29 is 9.47 Å². The second-order valence-corrected chi connectivity index (χ2v) is 7.09. The molecule has 0 spiro atoms. The third-order valence-electron chi connectivity index (χ3n) is 4.03. The average molecular weight is 365 g/mol. The first kappa shape index (κ1) is 16.9. The van der Waals surface area contributed by atoms with Crippen LogP contribution < -0.4 is 4.74 Å². The molecule has 0 bridgehead atoms. The Bertz CT molecular complexity index is 1090. The number of thiazole rings is 1. The molecule has 0 atom stereocenters. The number of fused-ring (bicyclic) bond motifs is 2. The van der Waals surface area contributed by atoms with Crippen LogP contribution in [0.3, 0.4) is 0 Å². The van der Waals surface area contributed by atoms with Crippen LogP contribution in [0.4, 0.5) is 0 Å². The Labute approximate surface area is 155 Å². The molecular formula is C20H19N3O2S. The van der Waals surface area contributed by atoms with Gasteiger partial charge in [-0.25, -0.2) is 9.97 Å². The van der Waals surface area contributed by atoms with Gasteiger partial charge in [0.05, 0.1) is 46.4 Å². The molecule has 5 nitrogen and oxygen atoms in total. The van der Waals surface area contributed by atoms with Crippen LogP contribution in [0, 0.1) is 6.92 Å². The minimum Gasteiger partial charge on any atom is -0.494 e. The molecular weight excluding hydrogens is 346 g/mol. The van der Waals surface area contributed by atoms with Gasteiger partial charge in [-0.15, -0.1) is 11.3 Å². The second-order valence-electron chi connectivity index (χ2n) is 6.06. The molecule has 6 heteroatoms. The van der Waals surface area contributed by atoms with Crippen LogP contribution >= 0.6 is 11.3 Å². The van der Waals surface area contributed by atoms with E-state index in [1.807, 2.05) is 31.2 Å². The molecule has 2 heterocycles. The van der Waals surface area contributed by atoms with Crippen LogP contribution in [0.25, 0.3) is 31.8 Å². The van der Waals surface area contributed by atoms with Gasteiger partial charge < -0.3 is 9.47 Å². The van der Waals surface area contributed by atoms with Gasteiger partial charge in [0.25, 0.3) is 0 Å². The van der Waals surface area contributed by atoms with Crippen molar-refractivity contribution in [3.05, 3.63) is 47.8 Å². The van der Waals surface area contributed by atoms with Gasteiger partial charge >= 0.3 is 0 Å². The summed E-state index contributed by atoms with van der Waals surface area (Å²) in [7, 11) is 1.66. The van der Waals surface area contributed by atoms with E-state index in [1.54, 1.807) is 24.6 Å². The third kappa shape index (κ3) is 3.13. The first-order chi connectivity index (χ1) is 12.7. The summed E-state index contributed by atoms with van der Waals surface area (Å²) in [6, 6.07) is 10.2. The predicted octanol–water partition coefficient (Wildman–Crippen LogP) is 4.76. The van der Waals surface area contributed by atoms with Crippen molar-refractivity contribution >= 4 is 32.6 Å². The number of hydrogen-bond acceptors (Lipinski definition) is 6. The molecule has 26 heavy (non-hydrogen) atoms. The molecule has 0 aliphatic rings. The maximum atomic E-state index is 5.60. The number of aromatic nitrogens is 3. The molecule has 2 aromatic carbocycles. The molecule has 4 aromatic rings. The molecule has 132 valence electrons. The van der Waals surface area contributed by atoms with Crippen LogP contribution in [-0.2, 0) is 11.3 Å². The van der Waals surface area contributed by atoms with Gasteiger partial charge in [-0.1, -0.05) is 0 Å². The number of rotatable bonds is 5. The summed E-state index contributed by atoms with van der Waals surface area (Å²) in [6.45, 7) is 5.15. The zero-order chi connectivity index (χ0) is 18.1. The van der Waals surface area contributed by atoms with E-state index >= 15 is 0 Å². The monoisotopic (exact) mass is 365 g/mol. The number of aryl methyl sites for hydroxylation is 1. The molecule has 0 N–H and O–H groups in total. The number of nitrogens with zero attached hydrogens (tertiary/aromatic N) is 3.